The molecule has 5 nitrogen and oxygen atoms in total. The van der Waals surface area contributed by atoms with Crippen molar-refractivity contribution in [1.82, 2.24) is 5.32 Å². The van der Waals surface area contributed by atoms with Crippen molar-refractivity contribution in [1.29, 1.82) is 0 Å². The zero-order valence-electron chi connectivity index (χ0n) is 13.1. The SMILES string of the molecule is CC(C)NC(C)(CN1CCCOc2ccccc21)C(N)=O. The van der Waals surface area contributed by atoms with Crippen LogP contribution in [-0.2, 0) is 4.79 Å². The van der Waals surface area contributed by atoms with Gasteiger partial charge in [-0.2, -0.15) is 0 Å². The molecule has 0 spiro atoms. The third-order valence-electron chi connectivity index (χ3n) is 3.69. The monoisotopic (exact) mass is 291 g/mol. The fourth-order valence-corrected chi connectivity index (χ4v) is 2.78. The first-order valence-electron chi connectivity index (χ1n) is 7.47. The number of nitrogens with one attached hydrogen (secondary N) is 1. The minimum absolute atomic E-state index is 0.181. The lowest BCUT2D eigenvalue weighted by molar-refractivity contribution is -0.123. The molecular weight excluding hydrogens is 266 g/mol. The Morgan fingerprint density at radius 3 is 2.86 bits per heavy atom. The van der Waals surface area contributed by atoms with E-state index in [1.165, 1.54) is 0 Å². The number of benzene rings is 1. The third-order valence-corrected chi connectivity index (χ3v) is 3.69. The van der Waals surface area contributed by atoms with E-state index in [-0.39, 0.29) is 11.9 Å². The van der Waals surface area contributed by atoms with E-state index < -0.39 is 5.54 Å². The molecule has 1 aromatic rings. The molecule has 1 atom stereocenters. The van der Waals surface area contributed by atoms with Gasteiger partial charge >= 0.3 is 0 Å². The Labute approximate surface area is 126 Å². The average molecular weight is 291 g/mol. The number of fused-ring (bicyclic) bond motifs is 1. The minimum Gasteiger partial charge on any atom is -0.491 e. The Balaban J connectivity index is 2.26. The van der Waals surface area contributed by atoms with E-state index in [1.807, 2.05) is 45.0 Å². The summed E-state index contributed by atoms with van der Waals surface area (Å²) in [5.41, 5.74) is 5.89. The van der Waals surface area contributed by atoms with E-state index in [4.69, 9.17) is 10.5 Å². The summed E-state index contributed by atoms with van der Waals surface area (Å²) in [7, 11) is 0. The zero-order valence-corrected chi connectivity index (χ0v) is 13.1. The van der Waals surface area contributed by atoms with Crippen LogP contribution < -0.4 is 20.7 Å². The summed E-state index contributed by atoms with van der Waals surface area (Å²) in [5, 5.41) is 3.30. The maximum atomic E-state index is 11.9. The molecule has 0 aromatic heterocycles. The van der Waals surface area contributed by atoms with Crippen LogP contribution in [0, 0.1) is 0 Å². The van der Waals surface area contributed by atoms with E-state index in [0.717, 1.165) is 24.4 Å². The summed E-state index contributed by atoms with van der Waals surface area (Å²) in [6.07, 6.45) is 0.922. The number of amides is 1. The standard InChI is InChI=1S/C16H25N3O2/c1-12(2)18-16(3,15(17)20)11-19-9-6-10-21-14-8-5-4-7-13(14)19/h4-5,7-8,12,18H,6,9-11H2,1-3H3,(H2,17,20). The van der Waals surface area contributed by atoms with Gasteiger partial charge in [-0.3, -0.25) is 10.1 Å². The number of para-hydroxylation sites is 2. The Kier molecular flexibility index (Phi) is 4.73. The van der Waals surface area contributed by atoms with Crippen LogP contribution in [0.3, 0.4) is 0 Å². The summed E-state index contributed by atoms with van der Waals surface area (Å²) in [5.74, 6) is 0.533. The number of nitrogens with two attached hydrogens (primary N) is 1. The predicted molar refractivity (Wildman–Crippen MR) is 84.6 cm³/mol. The van der Waals surface area contributed by atoms with Crippen molar-refractivity contribution < 1.29 is 9.53 Å². The molecule has 5 heteroatoms. The highest BCUT2D eigenvalue weighted by Gasteiger charge is 2.34. The Morgan fingerprint density at radius 1 is 1.48 bits per heavy atom. The number of anilines is 1. The molecule has 1 unspecified atom stereocenters. The predicted octanol–water partition coefficient (Wildman–Crippen LogP) is 1.52. The highest BCUT2D eigenvalue weighted by molar-refractivity contribution is 5.85. The van der Waals surface area contributed by atoms with Gasteiger partial charge in [0.25, 0.3) is 0 Å². The van der Waals surface area contributed by atoms with Crippen molar-refractivity contribution in [3.05, 3.63) is 24.3 Å². The van der Waals surface area contributed by atoms with Crippen molar-refractivity contribution in [2.75, 3.05) is 24.6 Å². The molecule has 1 amide bonds. The van der Waals surface area contributed by atoms with E-state index in [2.05, 4.69) is 10.2 Å². The molecule has 1 heterocycles. The van der Waals surface area contributed by atoms with Crippen molar-refractivity contribution in [2.45, 2.75) is 38.8 Å². The topological polar surface area (TPSA) is 67.6 Å². The first kappa shape index (κ1) is 15.6. The van der Waals surface area contributed by atoms with Crippen molar-refractivity contribution in [3.8, 4) is 5.75 Å². The summed E-state index contributed by atoms with van der Waals surface area (Å²) < 4.78 is 5.76. The lowest BCUT2D eigenvalue weighted by Gasteiger charge is -2.36. The fraction of sp³-hybridized carbons (Fsp3) is 0.562. The van der Waals surface area contributed by atoms with Gasteiger partial charge in [0.05, 0.1) is 12.3 Å². The van der Waals surface area contributed by atoms with Gasteiger partial charge in [-0.25, -0.2) is 0 Å². The summed E-state index contributed by atoms with van der Waals surface area (Å²) in [4.78, 5) is 14.1. The van der Waals surface area contributed by atoms with Crippen LogP contribution in [0.2, 0.25) is 0 Å². The first-order chi connectivity index (χ1) is 9.92. The molecule has 0 saturated carbocycles. The summed E-state index contributed by atoms with van der Waals surface area (Å²) in [6, 6.07) is 8.11. The van der Waals surface area contributed by atoms with Crippen LogP contribution in [0.5, 0.6) is 5.75 Å². The number of hydrogen-bond donors (Lipinski definition) is 2. The number of nitrogens with zero attached hydrogens (tertiary/aromatic N) is 1. The van der Waals surface area contributed by atoms with Crippen LogP contribution in [0.4, 0.5) is 5.69 Å². The van der Waals surface area contributed by atoms with Crippen molar-refractivity contribution in [3.63, 3.8) is 0 Å². The van der Waals surface area contributed by atoms with Crippen LogP contribution >= 0.6 is 0 Å². The molecule has 116 valence electrons. The number of ether oxygens (including phenoxy) is 1. The number of carbonyl (C=O) groups excluding carboxylic acids is 1. The quantitative estimate of drug-likeness (QED) is 0.863. The van der Waals surface area contributed by atoms with Gasteiger partial charge in [-0.1, -0.05) is 12.1 Å². The van der Waals surface area contributed by atoms with Crippen molar-refractivity contribution >= 4 is 11.6 Å². The maximum Gasteiger partial charge on any atom is 0.239 e. The van der Waals surface area contributed by atoms with E-state index in [9.17, 15) is 4.79 Å². The largest absolute Gasteiger partial charge is 0.491 e. The molecule has 0 saturated heterocycles. The van der Waals surface area contributed by atoms with E-state index >= 15 is 0 Å². The molecule has 1 aromatic carbocycles. The van der Waals surface area contributed by atoms with Gasteiger partial charge in [0.1, 0.15) is 11.3 Å². The highest BCUT2D eigenvalue weighted by Crippen LogP contribution is 2.31. The van der Waals surface area contributed by atoms with Crippen molar-refractivity contribution in [2.24, 2.45) is 5.73 Å². The molecule has 0 radical (unpaired) electrons. The normalized spacial score (nSPS) is 17.6. The zero-order chi connectivity index (χ0) is 15.5. The molecule has 1 aliphatic heterocycles. The number of primary amides is 1. The van der Waals surface area contributed by atoms with Gasteiger partial charge in [-0.15, -0.1) is 0 Å². The Hall–Kier alpha value is -1.75. The maximum absolute atomic E-state index is 11.9. The molecular formula is C16H25N3O2. The molecule has 2 rings (SSSR count). The van der Waals surface area contributed by atoms with Gasteiger partial charge in [-0.05, 0) is 39.3 Å². The van der Waals surface area contributed by atoms with Gasteiger partial charge in [0.2, 0.25) is 5.91 Å². The first-order valence-corrected chi connectivity index (χ1v) is 7.47. The molecule has 3 N–H and O–H groups in total. The lowest BCUT2D eigenvalue weighted by atomic mass is 9.98. The second-order valence-corrected chi connectivity index (χ2v) is 6.09. The minimum atomic E-state index is -0.772. The van der Waals surface area contributed by atoms with Crippen LogP contribution in [0.25, 0.3) is 0 Å². The molecule has 21 heavy (non-hydrogen) atoms. The highest BCUT2D eigenvalue weighted by atomic mass is 16.5. The second-order valence-electron chi connectivity index (χ2n) is 6.09. The number of hydrogen-bond acceptors (Lipinski definition) is 4. The Bertz CT molecular complexity index is 504. The van der Waals surface area contributed by atoms with Crippen LogP contribution in [0.1, 0.15) is 27.2 Å². The molecule has 1 aliphatic rings. The lowest BCUT2D eigenvalue weighted by Crippen LogP contribution is -2.61. The average Bonchev–Trinajstić information content (AvgIpc) is 2.60. The van der Waals surface area contributed by atoms with E-state index in [0.29, 0.717) is 13.2 Å². The van der Waals surface area contributed by atoms with Gasteiger partial charge < -0.3 is 15.4 Å². The van der Waals surface area contributed by atoms with Crippen LogP contribution in [-0.4, -0.2) is 37.2 Å². The summed E-state index contributed by atoms with van der Waals surface area (Å²) in [6.45, 7) is 7.96. The fourth-order valence-electron chi connectivity index (χ4n) is 2.78. The van der Waals surface area contributed by atoms with E-state index in [1.54, 1.807) is 0 Å². The summed E-state index contributed by atoms with van der Waals surface area (Å²) >= 11 is 0. The molecule has 0 fully saturated rings. The smallest absolute Gasteiger partial charge is 0.239 e. The van der Waals surface area contributed by atoms with Crippen LogP contribution in [0.15, 0.2) is 24.3 Å². The molecule has 0 bridgehead atoms. The second kappa shape index (κ2) is 6.35. The Morgan fingerprint density at radius 2 is 2.19 bits per heavy atom. The van der Waals surface area contributed by atoms with Gasteiger partial charge in [0, 0.05) is 19.1 Å². The number of rotatable bonds is 5. The number of carbonyl (C=O) groups is 1. The van der Waals surface area contributed by atoms with Gasteiger partial charge in [0.15, 0.2) is 0 Å². The molecule has 0 aliphatic carbocycles. The third kappa shape index (κ3) is 3.67.